The predicted molar refractivity (Wildman–Crippen MR) is 53.0 cm³/mol. The highest BCUT2D eigenvalue weighted by Gasteiger charge is 2.29. The van der Waals surface area contributed by atoms with Gasteiger partial charge in [0.15, 0.2) is 6.61 Å². The molecule has 1 aromatic rings. The molecule has 0 saturated heterocycles. The first-order chi connectivity index (χ1) is 8.09. The fourth-order valence-corrected chi connectivity index (χ4v) is 1.53. The van der Waals surface area contributed by atoms with Crippen LogP contribution in [-0.2, 0) is 9.59 Å². The van der Waals surface area contributed by atoms with E-state index in [9.17, 15) is 19.5 Å². The lowest BCUT2D eigenvalue weighted by Gasteiger charge is -2.18. The third-order valence-corrected chi connectivity index (χ3v) is 2.30. The standard InChI is InChI=1S/C11H9NO5/c13-9-6-17-8-4-2-1-3-7(8)11(16)12(9)5-10(14)15/h1-4H,5-6H2,(H,14,15)/p-1. The number of amides is 2. The van der Waals surface area contributed by atoms with Crippen LogP contribution in [0.1, 0.15) is 10.4 Å². The van der Waals surface area contributed by atoms with E-state index in [2.05, 4.69) is 0 Å². The van der Waals surface area contributed by atoms with Crippen LogP contribution in [0.15, 0.2) is 24.3 Å². The molecular formula is C11H8NO5-. The number of carbonyl (C=O) groups excluding carboxylic acids is 3. The third-order valence-electron chi connectivity index (χ3n) is 2.30. The van der Waals surface area contributed by atoms with Gasteiger partial charge in [0.05, 0.1) is 18.1 Å². The minimum absolute atomic E-state index is 0.166. The molecule has 6 heteroatoms. The lowest BCUT2D eigenvalue weighted by Crippen LogP contribution is -2.45. The van der Waals surface area contributed by atoms with Gasteiger partial charge in [-0.2, -0.15) is 0 Å². The first-order valence-corrected chi connectivity index (χ1v) is 4.86. The van der Waals surface area contributed by atoms with Crippen LogP contribution in [0.25, 0.3) is 0 Å². The van der Waals surface area contributed by atoms with Gasteiger partial charge in [0.25, 0.3) is 11.8 Å². The summed E-state index contributed by atoms with van der Waals surface area (Å²) in [5, 5.41) is 10.5. The van der Waals surface area contributed by atoms with E-state index < -0.39 is 24.3 Å². The molecule has 0 aliphatic carbocycles. The normalized spacial score (nSPS) is 14.9. The molecule has 0 spiro atoms. The first kappa shape index (κ1) is 11.1. The molecule has 1 heterocycles. The molecule has 1 aliphatic heterocycles. The zero-order valence-electron chi connectivity index (χ0n) is 8.71. The lowest BCUT2D eigenvalue weighted by atomic mass is 10.2. The molecule has 0 saturated carbocycles. The Hall–Kier alpha value is -2.37. The van der Waals surface area contributed by atoms with Crippen molar-refractivity contribution in [2.45, 2.75) is 0 Å². The van der Waals surface area contributed by atoms with E-state index in [0.29, 0.717) is 4.90 Å². The number of fused-ring (bicyclic) bond motifs is 1. The molecule has 2 rings (SSSR count). The van der Waals surface area contributed by atoms with Gasteiger partial charge >= 0.3 is 0 Å². The van der Waals surface area contributed by atoms with Crippen molar-refractivity contribution in [1.29, 1.82) is 0 Å². The highest BCUT2D eigenvalue weighted by atomic mass is 16.5. The molecule has 1 aliphatic rings. The van der Waals surface area contributed by atoms with Crippen LogP contribution in [0, 0.1) is 0 Å². The Bertz CT molecular complexity index is 496. The van der Waals surface area contributed by atoms with Gasteiger partial charge in [0.2, 0.25) is 0 Å². The number of hydrogen-bond acceptors (Lipinski definition) is 5. The van der Waals surface area contributed by atoms with E-state index >= 15 is 0 Å². The molecule has 0 bridgehead atoms. The number of hydrogen-bond donors (Lipinski definition) is 0. The van der Waals surface area contributed by atoms with Crippen LogP contribution in [-0.4, -0.2) is 35.8 Å². The van der Waals surface area contributed by atoms with Crippen LogP contribution < -0.4 is 9.84 Å². The van der Waals surface area contributed by atoms with Gasteiger partial charge in [-0.15, -0.1) is 0 Å². The molecule has 0 fully saturated rings. The number of carboxylic acid groups (broad SMARTS) is 1. The van der Waals surface area contributed by atoms with Gasteiger partial charge in [-0.05, 0) is 12.1 Å². The molecule has 0 atom stereocenters. The molecule has 0 N–H and O–H groups in total. The number of ether oxygens (including phenoxy) is 1. The number of carboxylic acids is 1. The number of nitrogens with zero attached hydrogens (tertiary/aromatic N) is 1. The minimum atomic E-state index is -1.49. The molecule has 2 amide bonds. The van der Waals surface area contributed by atoms with Crippen molar-refractivity contribution in [3.8, 4) is 5.75 Å². The van der Waals surface area contributed by atoms with Gasteiger partial charge in [0.1, 0.15) is 5.75 Å². The Balaban J connectivity index is 2.40. The van der Waals surface area contributed by atoms with Crippen molar-refractivity contribution >= 4 is 17.8 Å². The summed E-state index contributed by atoms with van der Waals surface area (Å²) in [7, 11) is 0. The zero-order valence-corrected chi connectivity index (χ0v) is 8.71. The molecule has 17 heavy (non-hydrogen) atoms. The van der Waals surface area contributed by atoms with Gasteiger partial charge in [-0.3, -0.25) is 14.5 Å². The molecule has 0 radical (unpaired) electrons. The maximum Gasteiger partial charge on any atom is 0.267 e. The van der Waals surface area contributed by atoms with E-state index in [1.807, 2.05) is 0 Å². The van der Waals surface area contributed by atoms with Crippen molar-refractivity contribution in [3.05, 3.63) is 29.8 Å². The molecule has 1 aromatic carbocycles. The Morgan fingerprint density at radius 2 is 2.06 bits per heavy atom. The molecule has 6 nitrogen and oxygen atoms in total. The fourth-order valence-electron chi connectivity index (χ4n) is 1.53. The van der Waals surface area contributed by atoms with Crippen LogP contribution in [0.3, 0.4) is 0 Å². The third kappa shape index (κ3) is 2.10. The Morgan fingerprint density at radius 1 is 1.35 bits per heavy atom. The highest BCUT2D eigenvalue weighted by Crippen LogP contribution is 2.22. The number of carbonyl (C=O) groups is 3. The summed E-state index contributed by atoms with van der Waals surface area (Å²) in [5.74, 6) is -2.61. The van der Waals surface area contributed by atoms with Gasteiger partial charge in [-0.1, -0.05) is 12.1 Å². The zero-order chi connectivity index (χ0) is 12.4. The average molecular weight is 234 g/mol. The van der Waals surface area contributed by atoms with Crippen molar-refractivity contribution < 1.29 is 24.2 Å². The molecule has 88 valence electrons. The Labute approximate surface area is 96.4 Å². The lowest BCUT2D eigenvalue weighted by molar-refractivity contribution is -0.305. The van der Waals surface area contributed by atoms with Gasteiger partial charge in [-0.25, -0.2) is 0 Å². The number of benzene rings is 1. The van der Waals surface area contributed by atoms with E-state index in [-0.39, 0.29) is 17.9 Å². The smallest absolute Gasteiger partial charge is 0.267 e. The number of rotatable bonds is 2. The summed E-state index contributed by atoms with van der Waals surface area (Å²) in [6.45, 7) is -1.13. The summed E-state index contributed by atoms with van der Waals surface area (Å²) in [5.41, 5.74) is 0.166. The second-order valence-electron chi connectivity index (χ2n) is 3.44. The van der Waals surface area contributed by atoms with E-state index in [0.717, 1.165) is 0 Å². The predicted octanol–water partition coefficient (Wildman–Crippen LogP) is -1.20. The number of imide groups is 1. The number of aliphatic carboxylic acids is 1. The minimum Gasteiger partial charge on any atom is -0.548 e. The second kappa shape index (κ2) is 4.25. The fraction of sp³-hybridized carbons (Fsp3) is 0.182. The maximum absolute atomic E-state index is 11.9. The Morgan fingerprint density at radius 3 is 2.76 bits per heavy atom. The van der Waals surface area contributed by atoms with Crippen LogP contribution in [0.5, 0.6) is 5.75 Å². The molecule has 0 unspecified atom stereocenters. The van der Waals surface area contributed by atoms with Gasteiger partial charge < -0.3 is 14.6 Å². The van der Waals surface area contributed by atoms with Crippen molar-refractivity contribution in [1.82, 2.24) is 4.90 Å². The second-order valence-corrected chi connectivity index (χ2v) is 3.44. The topological polar surface area (TPSA) is 86.7 Å². The maximum atomic E-state index is 11.9. The average Bonchev–Trinajstić information content (AvgIpc) is 2.42. The summed E-state index contributed by atoms with van der Waals surface area (Å²) in [6, 6.07) is 6.28. The van der Waals surface area contributed by atoms with Gasteiger partial charge in [0, 0.05) is 0 Å². The summed E-state index contributed by atoms with van der Waals surface area (Å²) in [6.07, 6.45) is 0. The summed E-state index contributed by atoms with van der Waals surface area (Å²) in [4.78, 5) is 34.5. The highest BCUT2D eigenvalue weighted by molar-refractivity contribution is 6.09. The van der Waals surface area contributed by atoms with Crippen LogP contribution >= 0.6 is 0 Å². The SMILES string of the molecule is O=C([O-])CN1C(=O)COc2ccccc2C1=O. The van der Waals surface area contributed by atoms with Crippen molar-refractivity contribution in [2.24, 2.45) is 0 Å². The number of para-hydroxylation sites is 1. The largest absolute Gasteiger partial charge is 0.548 e. The Kier molecular flexibility index (Phi) is 2.78. The van der Waals surface area contributed by atoms with Crippen LogP contribution in [0.4, 0.5) is 0 Å². The molecular weight excluding hydrogens is 226 g/mol. The summed E-state index contributed by atoms with van der Waals surface area (Å²) < 4.78 is 5.12. The van der Waals surface area contributed by atoms with Crippen molar-refractivity contribution in [3.63, 3.8) is 0 Å². The summed E-state index contributed by atoms with van der Waals surface area (Å²) >= 11 is 0. The van der Waals surface area contributed by atoms with Crippen molar-refractivity contribution in [2.75, 3.05) is 13.2 Å². The van der Waals surface area contributed by atoms with E-state index in [4.69, 9.17) is 4.74 Å². The van der Waals surface area contributed by atoms with E-state index in [1.54, 1.807) is 18.2 Å². The first-order valence-electron chi connectivity index (χ1n) is 4.86. The molecule has 0 aromatic heterocycles. The monoisotopic (exact) mass is 234 g/mol. The van der Waals surface area contributed by atoms with E-state index in [1.165, 1.54) is 6.07 Å². The quantitative estimate of drug-likeness (QED) is 0.600. The van der Waals surface area contributed by atoms with Crippen LogP contribution in [0.2, 0.25) is 0 Å².